The quantitative estimate of drug-likeness (QED) is 0.629. The Morgan fingerprint density at radius 3 is 2.29 bits per heavy atom. The van der Waals surface area contributed by atoms with Gasteiger partial charge in [0.1, 0.15) is 5.75 Å². The first kappa shape index (κ1) is 22.0. The normalized spacial score (nSPS) is 20.7. The number of imide groups is 2. The fourth-order valence-electron chi connectivity index (χ4n) is 4.82. The van der Waals surface area contributed by atoms with E-state index >= 15 is 0 Å². The minimum atomic E-state index is -1.82. The summed E-state index contributed by atoms with van der Waals surface area (Å²) >= 11 is 0. The summed E-state index contributed by atoms with van der Waals surface area (Å²) in [4.78, 5) is 54.6. The van der Waals surface area contributed by atoms with Crippen molar-refractivity contribution >= 4 is 29.4 Å². The molecule has 2 aromatic rings. The number of hydrogen-bond acceptors (Lipinski definition) is 7. The van der Waals surface area contributed by atoms with Gasteiger partial charge in [0.05, 0.1) is 18.0 Å². The minimum absolute atomic E-state index is 0.0110. The Morgan fingerprint density at radius 1 is 1.03 bits per heavy atom. The molecule has 1 saturated carbocycles. The number of carbonyl (C=O) groups is 4. The number of barbiturate groups is 1. The molecule has 5 rings (SSSR count). The van der Waals surface area contributed by atoms with Crippen molar-refractivity contribution in [1.29, 1.82) is 0 Å². The number of rotatable bonds is 6. The van der Waals surface area contributed by atoms with Gasteiger partial charge < -0.3 is 9.47 Å². The predicted molar refractivity (Wildman–Crippen MR) is 119 cm³/mol. The molecule has 3 aliphatic rings. The molecule has 2 aliphatic heterocycles. The lowest BCUT2D eigenvalue weighted by Gasteiger charge is -2.37. The average molecular weight is 464 g/mol. The highest BCUT2D eigenvalue weighted by Crippen LogP contribution is 2.40. The number of amides is 5. The van der Waals surface area contributed by atoms with Crippen LogP contribution in [0.5, 0.6) is 11.6 Å². The van der Waals surface area contributed by atoms with Crippen molar-refractivity contribution in [2.75, 3.05) is 12.0 Å². The van der Waals surface area contributed by atoms with Crippen LogP contribution in [0.25, 0.3) is 0 Å². The number of benzene rings is 1. The summed E-state index contributed by atoms with van der Waals surface area (Å²) in [6.45, 7) is 0. The summed E-state index contributed by atoms with van der Waals surface area (Å²) in [5.74, 6) is -0.649. The van der Waals surface area contributed by atoms with Crippen LogP contribution in [0.1, 0.15) is 43.8 Å². The summed E-state index contributed by atoms with van der Waals surface area (Å²) < 4.78 is 11.5. The second kappa shape index (κ2) is 8.53. The van der Waals surface area contributed by atoms with Gasteiger partial charge in [-0.25, -0.2) is 9.78 Å². The number of aromatic nitrogens is 1. The molecule has 2 N–H and O–H groups in total. The molecule has 1 unspecified atom stereocenters. The van der Waals surface area contributed by atoms with E-state index in [0.29, 0.717) is 11.7 Å². The van der Waals surface area contributed by atoms with E-state index in [1.807, 2.05) is 24.3 Å². The van der Waals surface area contributed by atoms with E-state index in [-0.39, 0.29) is 30.5 Å². The maximum absolute atomic E-state index is 12.6. The molecular formula is C24H24N4O6. The molecule has 1 aromatic carbocycles. The second-order valence-electron chi connectivity index (χ2n) is 8.70. The van der Waals surface area contributed by atoms with Crippen LogP contribution in [-0.4, -0.2) is 41.4 Å². The third kappa shape index (κ3) is 3.60. The van der Waals surface area contributed by atoms with Gasteiger partial charge in [-0.3, -0.25) is 29.9 Å². The van der Waals surface area contributed by atoms with Crippen molar-refractivity contribution in [2.24, 2.45) is 5.92 Å². The zero-order chi connectivity index (χ0) is 23.9. The molecule has 3 fully saturated rings. The second-order valence-corrected chi connectivity index (χ2v) is 8.70. The predicted octanol–water partition coefficient (Wildman–Crippen LogP) is 2.59. The van der Waals surface area contributed by atoms with Gasteiger partial charge in [0.15, 0.2) is 0 Å². The molecule has 0 radical (unpaired) electrons. The first-order chi connectivity index (χ1) is 16.4. The number of methoxy groups -OCH3 is 1. The van der Waals surface area contributed by atoms with E-state index in [4.69, 9.17) is 9.47 Å². The molecule has 0 bridgehead atoms. The molecule has 5 amide bonds. The lowest BCUT2D eigenvalue weighted by Crippen LogP contribution is -2.72. The number of anilines is 1. The minimum Gasteiger partial charge on any atom is -0.439 e. The van der Waals surface area contributed by atoms with Gasteiger partial charge in [-0.1, -0.05) is 18.6 Å². The van der Waals surface area contributed by atoms with Crippen LogP contribution in [0, 0.1) is 5.92 Å². The molecule has 10 heteroatoms. The van der Waals surface area contributed by atoms with Gasteiger partial charge in [0, 0.05) is 19.6 Å². The van der Waals surface area contributed by atoms with Gasteiger partial charge in [0.25, 0.3) is 11.8 Å². The molecule has 1 aliphatic carbocycles. The third-order valence-electron chi connectivity index (χ3n) is 6.78. The monoisotopic (exact) mass is 464 g/mol. The van der Waals surface area contributed by atoms with Crippen LogP contribution in [0.15, 0.2) is 42.6 Å². The summed E-state index contributed by atoms with van der Waals surface area (Å²) in [5, 5.41) is 4.16. The van der Waals surface area contributed by atoms with E-state index in [2.05, 4.69) is 15.6 Å². The molecule has 176 valence electrons. The number of hydrogen-bond donors (Lipinski definition) is 2. The number of nitrogens with zero attached hydrogens (tertiary/aromatic N) is 2. The molecule has 34 heavy (non-hydrogen) atoms. The highest BCUT2D eigenvalue weighted by atomic mass is 16.5. The molecule has 2 saturated heterocycles. The summed E-state index contributed by atoms with van der Waals surface area (Å²) in [6, 6.07) is 9.85. The van der Waals surface area contributed by atoms with E-state index < -0.39 is 29.3 Å². The lowest BCUT2D eigenvalue weighted by molar-refractivity contribution is -0.138. The van der Waals surface area contributed by atoms with Gasteiger partial charge >= 0.3 is 6.03 Å². The first-order valence-electron chi connectivity index (χ1n) is 11.2. The lowest BCUT2D eigenvalue weighted by atomic mass is 9.78. The van der Waals surface area contributed by atoms with Gasteiger partial charge in [-0.2, -0.15) is 0 Å². The fraction of sp³-hybridized carbons (Fsp3) is 0.375. The average Bonchev–Trinajstić information content (AvgIpc) is 3.14. The van der Waals surface area contributed by atoms with E-state index in [1.54, 1.807) is 19.2 Å². The molecule has 10 nitrogen and oxygen atoms in total. The van der Waals surface area contributed by atoms with Crippen molar-refractivity contribution in [3.05, 3.63) is 48.2 Å². The van der Waals surface area contributed by atoms with Crippen LogP contribution in [0.4, 0.5) is 10.5 Å². The largest absolute Gasteiger partial charge is 0.439 e. The standard InChI is InChI=1S/C24H24N4O6/c1-33-20(14-3-2-4-14)15-5-8-17(9-6-15)34-18-10-7-16(13-25-18)28-19(29)11-12-24(28)21(30)26-23(32)27-22(24)31/h5-10,13-14,20H,2-4,11-12H2,1H3,(H2,26,27,30,31,32). The maximum Gasteiger partial charge on any atom is 0.328 e. The Hall–Kier alpha value is -3.79. The maximum atomic E-state index is 12.6. The summed E-state index contributed by atoms with van der Waals surface area (Å²) in [5.41, 5.74) is -0.458. The topological polar surface area (TPSA) is 127 Å². The van der Waals surface area contributed by atoms with Crippen LogP contribution in [0.3, 0.4) is 0 Å². The van der Waals surface area contributed by atoms with Gasteiger partial charge in [-0.05, 0) is 48.9 Å². The molecule has 1 atom stereocenters. The van der Waals surface area contributed by atoms with Crippen LogP contribution < -0.4 is 20.3 Å². The van der Waals surface area contributed by atoms with Crippen LogP contribution >= 0.6 is 0 Å². The smallest absolute Gasteiger partial charge is 0.328 e. The van der Waals surface area contributed by atoms with Crippen molar-refractivity contribution in [2.45, 2.75) is 43.7 Å². The number of urea groups is 1. The van der Waals surface area contributed by atoms with Crippen LogP contribution in [0.2, 0.25) is 0 Å². The Labute approximate surface area is 195 Å². The SMILES string of the molecule is COC(c1ccc(Oc2ccc(N3C(=O)CCC34C(=O)NC(=O)NC4=O)cn2)cc1)C1CCC1. The Bertz CT molecular complexity index is 1120. The number of carbonyl (C=O) groups excluding carboxylic acids is 4. The van der Waals surface area contributed by atoms with Crippen molar-refractivity contribution in [1.82, 2.24) is 15.6 Å². The molecule has 3 heterocycles. The summed E-state index contributed by atoms with van der Waals surface area (Å²) in [7, 11) is 1.73. The zero-order valence-electron chi connectivity index (χ0n) is 18.6. The molecule has 1 spiro atoms. The first-order valence-corrected chi connectivity index (χ1v) is 11.2. The zero-order valence-corrected chi connectivity index (χ0v) is 18.6. The molecule has 1 aromatic heterocycles. The Kier molecular flexibility index (Phi) is 5.52. The Morgan fingerprint density at radius 2 is 1.74 bits per heavy atom. The van der Waals surface area contributed by atoms with Crippen molar-refractivity contribution < 1.29 is 28.7 Å². The van der Waals surface area contributed by atoms with Crippen molar-refractivity contribution in [3.8, 4) is 11.6 Å². The Balaban J connectivity index is 1.32. The highest BCUT2D eigenvalue weighted by Gasteiger charge is 2.60. The molecular weight excluding hydrogens is 440 g/mol. The third-order valence-corrected chi connectivity index (χ3v) is 6.78. The van der Waals surface area contributed by atoms with E-state index in [1.165, 1.54) is 25.5 Å². The van der Waals surface area contributed by atoms with Gasteiger partial charge in [0.2, 0.25) is 17.3 Å². The number of ether oxygens (including phenoxy) is 2. The number of nitrogens with one attached hydrogen (secondary N) is 2. The van der Waals surface area contributed by atoms with Crippen LogP contribution in [-0.2, 0) is 19.1 Å². The highest BCUT2D eigenvalue weighted by molar-refractivity contribution is 6.28. The van der Waals surface area contributed by atoms with Gasteiger partial charge in [-0.15, -0.1) is 0 Å². The van der Waals surface area contributed by atoms with Crippen molar-refractivity contribution in [3.63, 3.8) is 0 Å². The van der Waals surface area contributed by atoms with E-state index in [9.17, 15) is 19.2 Å². The number of pyridine rings is 1. The van der Waals surface area contributed by atoms with E-state index in [0.717, 1.165) is 10.5 Å². The summed E-state index contributed by atoms with van der Waals surface area (Å²) in [6.07, 6.45) is 4.98. The fourth-order valence-corrected chi connectivity index (χ4v) is 4.82.